The van der Waals surface area contributed by atoms with Crippen molar-refractivity contribution in [1.82, 2.24) is 10.1 Å². The van der Waals surface area contributed by atoms with Crippen LogP contribution in [0.5, 0.6) is 0 Å². The Labute approximate surface area is 162 Å². The van der Waals surface area contributed by atoms with Gasteiger partial charge in [0.25, 0.3) is 11.8 Å². The van der Waals surface area contributed by atoms with Crippen LogP contribution in [0.25, 0.3) is 11.5 Å². The molecule has 0 bridgehead atoms. The van der Waals surface area contributed by atoms with E-state index in [1.54, 1.807) is 31.2 Å². The lowest BCUT2D eigenvalue weighted by Crippen LogP contribution is -2.30. The molecule has 0 aliphatic heterocycles. The standard InChI is InChI=1S/C21H21N3O4/c1-12-5-10-18(13(2)11-12)23-19(25)14(3)27-21(26)17-8-6-16(7-9-17)20-22-15(4)24-28-20/h5-11,14H,1-4H3,(H,23,25). The number of carbonyl (C=O) groups excluding carboxylic acids is 2. The van der Waals surface area contributed by atoms with Crippen LogP contribution in [-0.2, 0) is 9.53 Å². The minimum absolute atomic E-state index is 0.325. The van der Waals surface area contributed by atoms with Crippen LogP contribution >= 0.6 is 0 Å². The molecule has 28 heavy (non-hydrogen) atoms. The second-order valence-corrected chi connectivity index (χ2v) is 6.58. The second kappa shape index (κ2) is 8.04. The van der Waals surface area contributed by atoms with Crippen LogP contribution in [0, 0.1) is 20.8 Å². The molecule has 0 aliphatic carbocycles. The Morgan fingerprint density at radius 3 is 2.39 bits per heavy atom. The van der Waals surface area contributed by atoms with Gasteiger partial charge in [0, 0.05) is 11.3 Å². The van der Waals surface area contributed by atoms with E-state index < -0.39 is 18.0 Å². The monoisotopic (exact) mass is 379 g/mol. The minimum atomic E-state index is -0.938. The molecule has 0 aliphatic rings. The van der Waals surface area contributed by atoms with Crippen molar-refractivity contribution in [3.05, 3.63) is 65.0 Å². The van der Waals surface area contributed by atoms with Gasteiger partial charge >= 0.3 is 5.97 Å². The van der Waals surface area contributed by atoms with Gasteiger partial charge in [-0.3, -0.25) is 4.79 Å². The van der Waals surface area contributed by atoms with Gasteiger partial charge in [-0.05, 0) is 63.6 Å². The lowest BCUT2D eigenvalue weighted by molar-refractivity contribution is -0.123. The summed E-state index contributed by atoms with van der Waals surface area (Å²) in [5, 5.41) is 6.52. The van der Waals surface area contributed by atoms with Crippen molar-refractivity contribution in [3.8, 4) is 11.5 Å². The number of ether oxygens (including phenoxy) is 1. The lowest BCUT2D eigenvalue weighted by atomic mass is 10.1. The van der Waals surface area contributed by atoms with E-state index in [2.05, 4.69) is 15.5 Å². The first kappa shape index (κ1) is 19.3. The summed E-state index contributed by atoms with van der Waals surface area (Å²) in [6.07, 6.45) is -0.938. The summed E-state index contributed by atoms with van der Waals surface area (Å²) in [6.45, 7) is 7.15. The molecule has 1 aromatic heterocycles. The third-order valence-electron chi connectivity index (χ3n) is 4.19. The highest BCUT2D eigenvalue weighted by molar-refractivity contribution is 5.97. The molecular formula is C21H21N3O4. The van der Waals surface area contributed by atoms with E-state index in [4.69, 9.17) is 9.26 Å². The fourth-order valence-corrected chi connectivity index (χ4v) is 2.63. The fraction of sp³-hybridized carbons (Fsp3) is 0.238. The molecular weight excluding hydrogens is 358 g/mol. The first-order valence-electron chi connectivity index (χ1n) is 8.83. The highest BCUT2D eigenvalue weighted by atomic mass is 16.5. The molecule has 0 radical (unpaired) electrons. The second-order valence-electron chi connectivity index (χ2n) is 6.58. The van der Waals surface area contributed by atoms with Crippen LogP contribution < -0.4 is 5.32 Å². The number of carbonyl (C=O) groups is 2. The molecule has 1 N–H and O–H groups in total. The normalized spacial score (nSPS) is 11.7. The molecule has 1 amide bonds. The molecule has 7 nitrogen and oxygen atoms in total. The molecule has 0 saturated carbocycles. The lowest BCUT2D eigenvalue weighted by Gasteiger charge is -2.15. The predicted octanol–water partition coefficient (Wildman–Crippen LogP) is 3.85. The molecule has 1 atom stereocenters. The summed E-state index contributed by atoms with van der Waals surface area (Å²) in [4.78, 5) is 28.8. The van der Waals surface area contributed by atoms with Crippen LogP contribution in [0.1, 0.15) is 34.2 Å². The Kier molecular flexibility index (Phi) is 5.54. The van der Waals surface area contributed by atoms with E-state index in [-0.39, 0.29) is 0 Å². The van der Waals surface area contributed by atoms with E-state index in [0.717, 1.165) is 11.1 Å². The van der Waals surface area contributed by atoms with Gasteiger partial charge in [-0.15, -0.1) is 0 Å². The summed E-state index contributed by atoms with van der Waals surface area (Å²) in [7, 11) is 0. The number of nitrogens with one attached hydrogen (secondary N) is 1. The average molecular weight is 379 g/mol. The van der Waals surface area contributed by atoms with Crippen LogP contribution in [0.2, 0.25) is 0 Å². The fourth-order valence-electron chi connectivity index (χ4n) is 2.63. The highest BCUT2D eigenvalue weighted by Gasteiger charge is 2.20. The van der Waals surface area contributed by atoms with Gasteiger partial charge in [-0.25, -0.2) is 4.79 Å². The summed E-state index contributed by atoms with van der Waals surface area (Å²) < 4.78 is 10.4. The summed E-state index contributed by atoms with van der Waals surface area (Å²) in [5.41, 5.74) is 3.76. The summed E-state index contributed by atoms with van der Waals surface area (Å²) in [6, 6.07) is 12.3. The van der Waals surface area contributed by atoms with Gasteiger partial charge in [0.1, 0.15) is 0 Å². The zero-order valence-corrected chi connectivity index (χ0v) is 16.1. The van der Waals surface area contributed by atoms with Crippen LogP contribution in [0.4, 0.5) is 5.69 Å². The zero-order valence-electron chi connectivity index (χ0n) is 16.1. The number of benzene rings is 2. The van der Waals surface area contributed by atoms with Gasteiger partial charge in [0.2, 0.25) is 0 Å². The van der Waals surface area contributed by atoms with E-state index in [1.807, 2.05) is 32.0 Å². The van der Waals surface area contributed by atoms with Gasteiger partial charge in [-0.2, -0.15) is 4.98 Å². The third kappa shape index (κ3) is 4.43. The molecule has 0 spiro atoms. The molecule has 3 aromatic rings. The Balaban J connectivity index is 1.62. The van der Waals surface area contributed by atoms with E-state index in [1.165, 1.54) is 6.92 Å². The van der Waals surface area contributed by atoms with Crippen LogP contribution in [0.3, 0.4) is 0 Å². The van der Waals surface area contributed by atoms with Crippen molar-refractivity contribution in [3.63, 3.8) is 0 Å². The maximum absolute atomic E-state index is 12.3. The Morgan fingerprint density at radius 2 is 1.79 bits per heavy atom. The van der Waals surface area contributed by atoms with Gasteiger partial charge in [0.15, 0.2) is 11.9 Å². The molecule has 0 fully saturated rings. The van der Waals surface area contributed by atoms with Crippen molar-refractivity contribution in [2.75, 3.05) is 5.32 Å². The van der Waals surface area contributed by atoms with E-state index >= 15 is 0 Å². The van der Waals surface area contributed by atoms with Gasteiger partial charge < -0.3 is 14.6 Å². The van der Waals surface area contributed by atoms with Crippen LogP contribution in [-0.4, -0.2) is 28.1 Å². The number of rotatable bonds is 5. The maximum atomic E-state index is 12.3. The number of hydrogen-bond donors (Lipinski definition) is 1. The molecule has 1 unspecified atom stereocenters. The number of amides is 1. The van der Waals surface area contributed by atoms with E-state index in [0.29, 0.717) is 28.5 Å². The van der Waals surface area contributed by atoms with Gasteiger partial charge in [-0.1, -0.05) is 22.9 Å². The highest BCUT2D eigenvalue weighted by Crippen LogP contribution is 2.19. The average Bonchev–Trinajstić information content (AvgIpc) is 3.10. The molecule has 1 heterocycles. The number of hydrogen-bond acceptors (Lipinski definition) is 6. The van der Waals surface area contributed by atoms with Crippen molar-refractivity contribution >= 4 is 17.6 Å². The number of nitrogens with zero attached hydrogens (tertiary/aromatic N) is 2. The molecule has 144 valence electrons. The Hall–Kier alpha value is -3.48. The number of anilines is 1. The first-order chi connectivity index (χ1) is 13.3. The predicted molar refractivity (Wildman–Crippen MR) is 104 cm³/mol. The molecule has 3 rings (SSSR count). The first-order valence-corrected chi connectivity index (χ1v) is 8.83. The van der Waals surface area contributed by atoms with Crippen molar-refractivity contribution < 1.29 is 18.8 Å². The number of esters is 1. The third-order valence-corrected chi connectivity index (χ3v) is 4.19. The van der Waals surface area contributed by atoms with Crippen LogP contribution in [0.15, 0.2) is 47.0 Å². The molecule has 2 aromatic carbocycles. The maximum Gasteiger partial charge on any atom is 0.338 e. The van der Waals surface area contributed by atoms with E-state index in [9.17, 15) is 9.59 Å². The molecule has 7 heteroatoms. The zero-order chi connectivity index (χ0) is 20.3. The number of aromatic nitrogens is 2. The van der Waals surface area contributed by atoms with Gasteiger partial charge in [0.05, 0.1) is 5.56 Å². The quantitative estimate of drug-likeness (QED) is 0.677. The SMILES string of the molecule is Cc1ccc(NC(=O)C(C)OC(=O)c2ccc(-c3nc(C)no3)cc2)c(C)c1. The Bertz CT molecular complexity index is 1010. The smallest absolute Gasteiger partial charge is 0.338 e. The summed E-state index contributed by atoms with van der Waals surface area (Å²) >= 11 is 0. The number of aryl methyl sites for hydroxylation is 3. The summed E-state index contributed by atoms with van der Waals surface area (Å²) in [5.74, 6) is -0.0736. The topological polar surface area (TPSA) is 94.3 Å². The Morgan fingerprint density at radius 1 is 1.07 bits per heavy atom. The largest absolute Gasteiger partial charge is 0.449 e. The minimum Gasteiger partial charge on any atom is -0.449 e. The van der Waals surface area contributed by atoms with Crippen molar-refractivity contribution in [1.29, 1.82) is 0 Å². The van der Waals surface area contributed by atoms with Crippen molar-refractivity contribution in [2.24, 2.45) is 0 Å². The molecule has 0 saturated heterocycles. The van der Waals surface area contributed by atoms with Crippen molar-refractivity contribution in [2.45, 2.75) is 33.8 Å².